The Bertz CT molecular complexity index is 1090. The molecule has 3 rings (SSSR count). The van der Waals surface area contributed by atoms with Gasteiger partial charge in [-0.1, -0.05) is 23.7 Å². The van der Waals surface area contributed by atoms with Crippen LogP contribution in [0.1, 0.15) is 6.92 Å². The molecule has 150 valence electrons. The monoisotopic (exact) mass is 448 g/mol. The molecule has 3 aromatic rings. The van der Waals surface area contributed by atoms with Crippen LogP contribution in [-0.4, -0.2) is 29.5 Å². The highest BCUT2D eigenvalue weighted by Crippen LogP contribution is 2.30. The molecule has 2 aromatic carbocycles. The quantitative estimate of drug-likeness (QED) is 0.529. The van der Waals surface area contributed by atoms with E-state index in [0.717, 1.165) is 4.90 Å². The van der Waals surface area contributed by atoms with Crippen molar-refractivity contribution in [3.8, 4) is 0 Å². The Kier molecular flexibility index (Phi) is 6.73. The average molecular weight is 449 g/mol. The lowest BCUT2D eigenvalue weighted by Crippen LogP contribution is -2.22. The van der Waals surface area contributed by atoms with Gasteiger partial charge in [0, 0.05) is 23.0 Å². The lowest BCUT2D eigenvalue weighted by atomic mass is 10.3. The highest BCUT2D eigenvalue weighted by atomic mass is 35.5. The Morgan fingerprint density at radius 3 is 2.34 bits per heavy atom. The third-order valence-electron chi connectivity index (χ3n) is 3.73. The number of thioether (sulfide) groups is 1. The Balaban J connectivity index is 1.64. The van der Waals surface area contributed by atoms with Crippen molar-refractivity contribution in [3.05, 3.63) is 72.0 Å². The zero-order valence-electron chi connectivity index (χ0n) is 15.2. The molecule has 1 atom stereocenters. The van der Waals surface area contributed by atoms with Crippen LogP contribution in [-0.2, 0) is 14.8 Å². The Labute approximate surface area is 178 Å². The number of amides is 1. The number of nitrogens with zero attached hydrogens (tertiary/aromatic N) is 2. The minimum atomic E-state index is -3.83. The summed E-state index contributed by atoms with van der Waals surface area (Å²) in [5.41, 5.74) is 0.483. The number of rotatable bonds is 7. The molecule has 0 fully saturated rings. The number of nitrogens with one attached hydrogen (secondary N) is 2. The number of halogens is 1. The number of carbonyl (C=O) groups is 1. The van der Waals surface area contributed by atoms with Crippen molar-refractivity contribution in [2.75, 3.05) is 10.0 Å². The van der Waals surface area contributed by atoms with Gasteiger partial charge in [0.1, 0.15) is 0 Å². The fourth-order valence-corrected chi connectivity index (χ4v) is 4.39. The molecule has 1 unspecified atom stereocenters. The van der Waals surface area contributed by atoms with E-state index in [1.54, 1.807) is 19.1 Å². The van der Waals surface area contributed by atoms with Crippen LogP contribution in [0.4, 0.5) is 11.6 Å². The number of benzene rings is 2. The minimum Gasteiger partial charge on any atom is -0.325 e. The summed E-state index contributed by atoms with van der Waals surface area (Å²) in [6, 6.07) is 14.7. The SMILES string of the molecule is CC(Sc1ccccc1Cl)C(=O)Nc1ccc(S(=O)(=O)Nc2ncccn2)cc1. The molecule has 0 saturated heterocycles. The Morgan fingerprint density at radius 1 is 1.03 bits per heavy atom. The zero-order valence-corrected chi connectivity index (χ0v) is 17.6. The van der Waals surface area contributed by atoms with E-state index in [4.69, 9.17) is 11.6 Å². The first-order chi connectivity index (χ1) is 13.8. The van der Waals surface area contributed by atoms with Crippen molar-refractivity contribution in [2.24, 2.45) is 0 Å². The number of hydrogen-bond acceptors (Lipinski definition) is 6. The van der Waals surface area contributed by atoms with Crippen molar-refractivity contribution in [3.63, 3.8) is 0 Å². The number of sulfonamides is 1. The van der Waals surface area contributed by atoms with E-state index in [-0.39, 0.29) is 16.8 Å². The predicted molar refractivity (Wildman–Crippen MR) is 115 cm³/mol. The molecule has 0 spiro atoms. The topological polar surface area (TPSA) is 101 Å². The molecule has 7 nitrogen and oxygen atoms in total. The van der Waals surface area contributed by atoms with E-state index >= 15 is 0 Å². The molecular formula is C19H17ClN4O3S2. The maximum absolute atomic E-state index is 12.4. The first-order valence-electron chi connectivity index (χ1n) is 8.47. The van der Waals surface area contributed by atoms with Crippen LogP contribution < -0.4 is 10.0 Å². The first kappa shape index (κ1) is 21.1. The second-order valence-corrected chi connectivity index (χ2v) is 9.35. The smallest absolute Gasteiger partial charge is 0.264 e. The summed E-state index contributed by atoms with van der Waals surface area (Å²) in [7, 11) is -3.83. The molecule has 0 aliphatic carbocycles. The molecule has 2 N–H and O–H groups in total. The molecule has 0 saturated carbocycles. The minimum absolute atomic E-state index is 0.0182. The van der Waals surface area contributed by atoms with Gasteiger partial charge in [-0.05, 0) is 49.4 Å². The molecule has 1 amide bonds. The fraction of sp³-hybridized carbons (Fsp3) is 0.105. The largest absolute Gasteiger partial charge is 0.325 e. The van der Waals surface area contributed by atoms with Gasteiger partial charge < -0.3 is 5.32 Å². The standard InChI is InChI=1S/C19H17ClN4O3S2/c1-13(28-17-6-3-2-5-16(17)20)18(25)23-14-7-9-15(10-8-14)29(26,27)24-19-21-11-4-12-22-19/h2-13H,1H3,(H,23,25)(H,21,22,24). The van der Waals surface area contributed by atoms with Gasteiger partial charge in [0.15, 0.2) is 0 Å². The molecule has 0 aliphatic heterocycles. The van der Waals surface area contributed by atoms with Gasteiger partial charge in [0.25, 0.3) is 10.0 Å². The van der Waals surface area contributed by atoms with Crippen LogP contribution in [0.3, 0.4) is 0 Å². The Hall–Kier alpha value is -2.62. The van der Waals surface area contributed by atoms with Crippen molar-refractivity contribution < 1.29 is 13.2 Å². The van der Waals surface area contributed by atoms with Crippen LogP contribution in [0.25, 0.3) is 0 Å². The Morgan fingerprint density at radius 2 is 1.69 bits per heavy atom. The van der Waals surface area contributed by atoms with Crippen LogP contribution in [0.5, 0.6) is 0 Å². The second-order valence-electron chi connectivity index (χ2n) is 5.88. The van der Waals surface area contributed by atoms with Crippen LogP contribution >= 0.6 is 23.4 Å². The van der Waals surface area contributed by atoms with E-state index in [2.05, 4.69) is 20.0 Å². The van der Waals surface area contributed by atoms with E-state index in [0.29, 0.717) is 10.7 Å². The first-order valence-corrected chi connectivity index (χ1v) is 11.2. The molecule has 0 radical (unpaired) electrons. The second kappa shape index (κ2) is 9.25. The third-order valence-corrected chi connectivity index (χ3v) is 6.70. The predicted octanol–water partition coefficient (Wildman–Crippen LogP) is 4.05. The van der Waals surface area contributed by atoms with Gasteiger partial charge in [-0.3, -0.25) is 4.79 Å². The van der Waals surface area contributed by atoms with Gasteiger partial charge in [0.05, 0.1) is 15.2 Å². The van der Waals surface area contributed by atoms with Gasteiger partial charge in [-0.2, -0.15) is 0 Å². The van der Waals surface area contributed by atoms with Crippen molar-refractivity contribution in [2.45, 2.75) is 22.0 Å². The summed E-state index contributed by atoms with van der Waals surface area (Å²) in [6.45, 7) is 1.77. The highest BCUT2D eigenvalue weighted by Gasteiger charge is 2.18. The van der Waals surface area contributed by atoms with Crippen molar-refractivity contribution in [1.29, 1.82) is 0 Å². The van der Waals surface area contributed by atoms with Crippen molar-refractivity contribution in [1.82, 2.24) is 9.97 Å². The molecule has 0 bridgehead atoms. The maximum Gasteiger partial charge on any atom is 0.264 e. The summed E-state index contributed by atoms with van der Waals surface area (Å²) in [5.74, 6) is -0.239. The number of aromatic nitrogens is 2. The summed E-state index contributed by atoms with van der Waals surface area (Å²) < 4.78 is 27.1. The normalized spacial score (nSPS) is 12.2. The van der Waals surface area contributed by atoms with E-state index in [1.807, 2.05) is 18.2 Å². The van der Waals surface area contributed by atoms with E-state index < -0.39 is 15.3 Å². The van der Waals surface area contributed by atoms with E-state index in [9.17, 15) is 13.2 Å². The van der Waals surface area contributed by atoms with Crippen LogP contribution in [0, 0.1) is 0 Å². The maximum atomic E-state index is 12.4. The third kappa shape index (κ3) is 5.69. The highest BCUT2D eigenvalue weighted by molar-refractivity contribution is 8.00. The van der Waals surface area contributed by atoms with Crippen LogP contribution in [0.15, 0.2) is 76.8 Å². The van der Waals surface area contributed by atoms with E-state index in [1.165, 1.54) is 48.4 Å². The summed E-state index contributed by atoms with van der Waals surface area (Å²) in [5, 5.41) is 2.96. The molecular weight excluding hydrogens is 432 g/mol. The number of anilines is 2. The van der Waals surface area contributed by atoms with Gasteiger partial charge in [-0.25, -0.2) is 23.1 Å². The molecule has 10 heteroatoms. The summed E-state index contributed by atoms with van der Waals surface area (Å²) >= 11 is 7.47. The molecule has 1 aromatic heterocycles. The van der Waals surface area contributed by atoms with Crippen LogP contribution in [0.2, 0.25) is 5.02 Å². The summed E-state index contributed by atoms with van der Waals surface area (Å²) in [6.07, 6.45) is 2.87. The molecule has 29 heavy (non-hydrogen) atoms. The molecule has 0 aliphatic rings. The van der Waals surface area contributed by atoms with Gasteiger partial charge >= 0.3 is 0 Å². The van der Waals surface area contributed by atoms with Gasteiger partial charge in [0.2, 0.25) is 11.9 Å². The summed E-state index contributed by atoms with van der Waals surface area (Å²) in [4.78, 5) is 20.9. The van der Waals surface area contributed by atoms with Gasteiger partial charge in [-0.15, -0.1) is 11.8 Å². The number of hydrogen-bond donors (Lipinski definition) is 2. The lowest BCUT2D eigenvalue weighted by Gasteiger charge is -2.13. The lowest BCUT2D eigenvalue weighted by molar-refractivity contribution is -0.115. The molecule has 1 heterocycles. The average Bonchev–Trinajstić information content (AvgIpc) is 2.70. The van der Waals surface area contributed by atoms with Crippen molar-refractivity contribution >= 4 is 50.9 Å². The zero-order chi connectivity index (χ0) is 20.9. The fourth-order valence-electron chi connectivity index (χ4n) is 2.28. The number of carbonyl (C=O) groups excluding carboxylic acids is 1.